The topological polar surface area (TPSA) is 34.1 Å². The van der Waals surface area contributed by atoms with E-state index in [2.05, 4.69) is 0 Å². The molecule has 2 aromatic carbocycles. The van der Waals surface area contributed by atoms with Crippen LogP contribution in [-0.2, 0) is 4.79 Å². The molecule has 0 aliphatic rings. The molecule has 0 fully saturated rings. The summed E-state index contributed by atoms with van der Waals surface area (Å²) in [7, 11) is -1.99. The predicted octanol–water partition coefficient (Wildman–Crippen LogP) is 3.23. The summed E-state index contributed by atoms with van der Waals surface area (Å²) in [5, 5.41) is 0.172. The first-order chi connectivity index (χ1) is 10.9. The first-order valence-electron chi connectivity index (χ1n) is 7.47. The average Bonchev–Trinajstić information content (AvgIpc) is 2.54. The van der Waals surface area contributed by atoms with Gasteiger partial charge in [0.15, 0.2) is 0 Å². The molecule has 4 heteroatoms. The molecule has 23 heavy (non-hydrogen) atoms. The van der Waals surface area contributed by atoms with E-state index in [1.165, 1.54) is 0 Å². The molecular weight excluding hydrogens is 367 g/mol. The molecule has 2 aromatic rings. The molecule has 0 aliphatic heterocycles. The van der Waals surface area contributed by atoms with Gasteiger partial charge in [-0.1, -0.05) is 0 Å². The molecule has 0 aliphatic carbocycles. The first kappa shape index (κ1) is 17.6. The van der Waals surface area contributed by atoms with Crippen molar-refractivity contribution >= 4 is 38.7 Å². The van der Waals surface area contributed by atoms with Crippen molar-refractivity contribution in [1.29, 1.82) is 0 Å². The van der Waals surface area contributed by atoms with Gasteiger partial charge in [-0.3, -0.25) is 0 Å². The van der Waals surface area contributed by atoms with E-state index < -0.39 is 8.07 Å². The summed E-state index contributed by atoms with van der Waals surface area (Å²) in [6.45, 7) is 6.08. The predicted molar refractivity (Wildman–Crippen MR) is 99.0 cm³/mol. The Morgan fingerprint density at radius 1 is 0.870 bits per heavy atom. The zero-order chi connectivity index (χ0) is 16.9. The molecule has 2 nitrogen and oxygen atoms in total. The molecule has 0 heterocycles. The Balaban J connectivity index is 2.35. The second kappa shape index (κ2) is 7.69. The maximum absolute atomic E-state index is 12.8. The van der Waals surface area contributed by atoms with Gasteiger partial charge in [-0.05, 0) is 0 Å². The van der Waals surface area contributed by atoms with Gasteiger partial charge in [-0.25, -0.2) is 0 Å². The van der Waals surface area contributed by atoms with Crippen LogP contribution in [0.3, 0.4) is 0 Å². The summed E-state index contributed by atoms with van der Waals surface area (Å²) in [4.78, 5) is 25.3. The molecule has 0 saturated carbocycles. The van der Waals surface area contributed by atoms with Crippen LogP contribution in [0.15, 0.2) is 71.2 Å². The second-order valence-corrected chi connectivity index (χ2v) is 13.5. The molecule has 118 valence electrons. The number of ketones is 1. The Kier molecular flexibility index (Phi) is 5.89. The zero-order valence-electron chi connectivity index (χ0n) is 13.6. The number of allylic oxidation sites excluding steroid dienone is 2. The third-order valence-electron chi connectivity index (χ3n) is 3.20. The van der Waals surface area contributed by atoms with Gasteiger partial charge in [-0.2, -0.15) is 0 Å². The van der Waals surface area contributed by atoms with Gasteiger partial charge in [0, 0.05) is 0 Å². The van der Waals surface area contributed by atoms with Crippen molar-refractivity contribution in [2.24, 2.45) is 0 Å². The van der Waals surface area contributed by atoms with Gasteiger partial charge in [0.2, 0.25) is 0 Å². The van der Waals surface area contributed by atoms with Crippen LogP contribution in [-0.4, -0.2) is 34.2 Å². The number of carbonyl (C=O) groups is 2. The molecule has 0 spiro atoms. The van der Waals surface area contributed by atoms with Crippen LogP contribution in [0.1, 0.15) is 10.4 Å². The number of carbonyl (C=O) groups excluding carboxylic acids is 2. The van der Waals surface area contributed by atoms with Crippen molar-refractivity contribution in [3.05, 3.63) is 76.8 Å². The zero-order valence-corrected chi connectivity index (χ0v) is 16.3. The minimum absolute atomic E-state index is 0.0926. The molecule has 0 amide bonds. The van der Waals surface area contributed by atoms with E-state index in [-0.39, 0.29) is 26.1 Å². The van der Waals surface area contributed by atoms with Crippen molar-refractivity contribution in [3.8, 4) is 0 Å². The summed E-state index contributed by atoms with van der Waals surface area (Å²) in [6.07, 6.45) is 1.56. The summed E-state index contributed by atoms with van der Waals surface area (Å²) in [5.74, 6) is -0.0926. The van der Waals surface area contributed by atoms with Crippen LogP contribution in [0, 0.1) is 0 Å². The number of rotatable bonds is 6. The van der Waals surface area contributed by atoms with Crippen LogP contribution in [0.5, 0.6) is 0 Å². The number of hydrogen-bond acceptors (Lipinski definition) is 2. The quantitative estimate of drug-likeness (QED) is 0.433. The van der Waals surface area contributed by atoms with E-state index in [0.717, 1.165) is 4.46 Å². The third-order valence-corrected chi connectivity index (χ3v) is 7.40. The molecule has 0 unspecified atom stereocenters. The fourth-order valence-electron chi connectivity index (χ4n) is 1.93. The number of benzene rings is 2. The molecule has 0 aromatic heterocycles. The Morgan fingerprint density at radius 2 is 1.39 bits per heavy atom. The minimum atomic E-state index is -1.99. The van der Waals surface area contributed by atoms with E-state index in [4.69, 9.17) is 0 Å². The summed E-state index contributed by atoms with van der Waals surface area (Å²) >= 11 is -0.150. The fraction of sp³-hybridized carbons (Fsp3) is 0.158. The van der Waals surface area contributed by atoms with E-state index >= 15 is 0 Å². The van der Waals surface area contributed by atoms with Crippen molar-refractivity contribution in [2.75, 3.05) is 0 Å². The summed E-state index contributed by atoms with van der Waals surface area (Å²) in [5.41, 5.74) is 0.622. The van der Waals surface area contributed by atoms with Gasteiger partial charge in [0.05, 0.1) is 0 Å². The molecule has 2 rings (SSSR count). The van der Waals surface area contributed by atoms with Crippen LogP contribution in [0.4, 0.5) is 0 Å². The molecule has 0 radical (unpaired) electrons. The van der Waals surface area contributed by atoms with E-state index in [0.29, 0.717) is 10.0 Å². The SMILES string of the molecule is C[Si](C)(C)C(=O)/C(=C\C(=O)c1ccccc1)[Se]c1ccccc1. The standard InChI is InChI=1S/C19H20O2SeSi/c1-23(2,3)19(21)18(22-16-12-8-5-9-13-16)14-17(20)15-10-6-4-7-11-15/h4-14H,1-3H3/b18-14+. The summed E-state index contributed by atoms with van der Waals surface area (Å²) in [6, 6.07) is 19.0. The van der Waals surface area contributed by atoms with Crippen molar-refractivity contribution in [2.45, 2.75) is 19.6 Å². The molecule has 0 N–H and O–H groups in total. The Labute approximate surface area is 144 Å². The summed E-state index contributed by atoms with van der Waals surface area (Å²) < 4.78 is 1.79. The second-order valence-electron chi connectivity index (χ2n) is 6.23. The Bertz CT molecular complexity index is 716. The molecule has 0 saturated heterocycles. The van der Waals surface area contributed by atoms with Gasteiger partial charge in [0.1, 0.15) is 0 Å². The molecule has 0 bridgehead atoms. The van der Waals surface area contributed by atoms with E-state index in [9.17, 15) is 9.59 Å². The van der Waals surface area contributed by atoms with Gasteiger partial charge in [0.25, 0.3) is 0 Å². The van der Waals surface area contributed by atoms with Crippen LogP contribution in [0.2, 0.25) is 19.6 Å². The Morgan fingerprint density at radius 3 is 1.91 bits per heavy atom. The maximum atomic E-state index is 12.8. The van der Waals surface area contributed by atoms with Gasteiger partial charge < -0.3 is 0 Å². The monoisotopic (exact) mass is 388 g/mol. The van der Waals surface area contributed by atoms with E-state index in [1.807, 2.05) is 68.2 Å². The number of hydrogen-bond donors (Lipinski definition) is 0. The van der Waals surface area contributed by atoms with Crippen LogP contribution < -0.4 is 4.46 Å². The van der Waals surface area contributed by atoms with Gasteiger partial charge in [-0.15, -0.1) is 0 Å². The average molecular weight is 387 g/mol. The normalized spacial score (nSPS) is 12.0. The van der Waals surface area contributed by atoms with E-state index in [1.54, 1.807) is 18.2 Å². The van der Waals surface area contributed by atoms with Crippen molar-refractivity contribution in [3.63, 3.8) is 0 Å². The fourth-order valence-corrected chi connectivity index (χ4v) is 6.63. The van der Waals surface area contributed by atoms with Gasteiger partial charge >= 0.3 is 145 Å². The third kappa shape index (κ3) is 5.14. The van der Waals surface area contributed by atoms with Crippen molar-refractivity contribution in [1.82, 2.24) is 0 Å². The molecule has 0 atom stereocenters. The van der Waals surface area contributed by atoms with Crippen molar-refractivity contribution < 1.29 is 9.59 Å². The van der Waals surface area contributed by atoms with Crippen LogP contribution in [0.25, 0.3) is 0 Å². The molecular formula is C19H20O2SeSi. The van der Waals surface area contributed by atoms with Crippen LogP contribution >= 0.6 is 0 Å². The Hall–Kier alpha value is -1.74. The first-order valence-corrected chi connectivity index (χ1v) is 12.7.